The number of nitro benzene ring substituents is 1. The molecule has 0 saturated heterocycles. The van der Waals surface area contributed by atoms with Crippen molar-refractivity contribution in [2.45, 2.75) is 17.7 Å². The van der Waals surface area contributed by atoms with Crippen LogP contribution in [0.25, 0.3) is 0 Å². The highest BCUT2D eigenvalue weighted by Crippen LogP contribution is 2.32. The average molecular weight is 312 g/mol. The van der Waals surface area contributed by atoms with E-state index in [2.05, 4.69) is 5.92 Å². The van der Waals surface area contributed by atoms with Crippen molar-refractivity contribution < 1.29 is 17.7 Å². The van der Waals surface area contributed by atoms with Crippen molar-refractivity contribution in [1.82, 2.24) is 4.31 Å². The second-order valence-corrected chi connectivity index (χ2v) is 6.75. The van der Waals surface area contributed by atoms with Crippen LogP contribution in [0.5, 0.6) is 0 Å². The molecule has 0 spiro atoms. The molecule has 1 aliphatic rings. The Labute approximate surface area is 121 Å². The van der Waals surface area contributed by atoms with Gasteiger partial charge in [0.15, 0.2) is 0 Å². The molecule has 0 unspecified atom stereocenters. The number of benzene rings is 1. The molecule has 0 amide bonds. The van der Waals surface area contributed by atoms with Crippen molar-refractivity contribution >= 4 is 15.7 Å². The molecule has 1 aromatic carbocycles. The summed E-state index contributed by atoms with van der Waals surface area (Å²) in [6.45, 7) is 0.169. The summed E-state index contributed by atoms with van der Waals surface area (Å²) < 4.78 is 39.5. The summed E-state index contributed by atoms with van der Waals surface area (Å²) >= 11 is 0. The van der Waals surface area contributed by atoms with E-state index in [-0.39, 0.29) is 23.9 Å². The van der Waals surface area contributed by atoms with E-state index in [1.807, 2.05) is 0 Å². The predicted octanol–water partition coefficient (Wildman–Crippen LogP) is 1.77. The minimum absolute atomic E-state index is 0.114. The van der Waals surface area contributed by atoms with E-state index in [0.29, 0.717) is 6.07 Å². The van der Waals surface area contributed by atoms with E-state index in [1.54, 1.807) is 0 Å². The molecule has 0 atom stereocenters. The molecule has 112 valence electrons. The molecular formula is C13H13FN2O4S. The molecule has 1 aliphatic carbocycles. The monoisotopic (exact) mass is 312 g/mol. The Morgan fingerprint density at radius 1 is 1.48 bits per heavy atom. The number of nitrogens with zero attached hydrogens (tertiary/aromatic N) is 2. The highest BCUT2D eigenvalue weighted by molar-refractivity contribution is 7.89. The number of halogens is 1. The molecule has 0 N–H and O–H groups in total. The number of nitro groups is 1. The lowest BCUT2D eigenvalue weighted by atomic mass is 10.3. The van der Waals surface area contributed by atoms with Gasteiger partial charge in [0.1, 0.15) is 0 Å². The lowest BCUT2D eigenvalue weighted by Crippen LogP contribution is -2.33. The van der Waals surface area contributed by atoms with Gasteiger partial charge in [0, 0.05) is 18.7 Å². The molecule has 1 fully saturated rings. The van der Waals surface area contributed by atoms with Crippen LogP contribution >= 0.6 is 0 Å². The Bertz CT molecular complexity index is 707. The zero-order valence-corrected chi connectivity index (χ0v) is 11.8. The summed E-state index contributed by atoms with van der Waals surface area (Å²) in [5.74, 6) is 1.35. The summed E-state index contributed by atoms with van der Waals surface area (Å²) in [6.07, 6.45) is 7.05. The second kappa shape index (κ2) is 5.79. The lowest BCUT2D eigenvalue weighted by Gasteiger charge is -2.19. The van der Waals surface area contributed by atoms with Crippen LogP contribution in [0.4, 0.5) is 10.1 Å². The Morgan fingerprint density at radius 3 is 2.62 bits per heavy atom. The van der Waals surface area contributed by atoms with Gasteiger partial charge in [0.25, 0.3) is 0 Å². The third-order valence-corrected chi connectivity index (χ3v) is 4.99. The van der Waals surface area contributed by atoms with Gasteiger partial charge in [0.05, 0.1) is 16.4 Å². The SMILES string of the molecule is C#CCN(CC1CC1)S(=O)(=O)c1ccc([N+](=O)[O-])c(F)c1. The molecule has 0 heterocycles. The molecule has 0 radical (unpaired) electrons. The van der Waals surface area contributed by atoms with Crippen molar-refractivity contribution in [3.05, 3.63) is 34.1 Å². The van der Waals surface area contributed by atoms with Crippen molar-refractivity contribution in [3.8, 4) is 12.3 Å². The first kappa shape index (κ1) is 15.4. The van der Waals surface area contributed by atoms with Gasteiger partial charge in [-0.1, -0.05) is 5.92 Å². The molecule has 0 aliphatic heterocycles. The van der Waals surface area contributed by atoms with Gasteiger partial charge in [-0.05, 0) is 24.8 Å². The first-order valence-corrected chi connectivity index (χ1v) is 7.68. The topological polar surface area (TPSA) is 80.5 Å². The third-order valence-electron chi connectivity index (χ3n) is 3.18. The summed E-state index contributed by atoms with van der Waals surface area (Å²) in [5, 5.41) is 10.6. The number of hydrogen-bond acceptors (Lipinski definition) is 4. The van der Waals surface area contributed by atoms with Crippen LogP contribution in [0.3, 0.4) is 0 Å². The fourth-order valence-corrected chi connectivity index (χ4v) is 3.33. The summed E-state index contributed by atoms with van der Waals surface area (Å²) in [4.78, 5) is 9.31. The fourth-order valence-electron chi connectivity index (χ4n) is 1.88. The van der Waals surface area contributed by atoms with Crippen LogP contribution in [0.1, 0.15) is 12.8 Å². The van der Waals surface area contributed by atoms with Crippen LogP contribution in [0.2, 0.25) is 0 Å². The zero-order valence-electron chi connectivity index (χ0n) is 11.0. The lowest BCUT2D eigenvalue weighted by molar-refractivity contribution is -0.387. The van der Waals surface area contributed by atoms with Gasteiger partial charge >= 0.3 is 5.69 Å². The second-order valence-electron chi connectivity index (χ2n) is 4.82. The minimum Gasteiger partial charge on any atom is -0.258 e. The van der Waals surface area contributed by atoms with Gasteiger partial charge in [-0.2, -0.15) is 8.70 Å². The molecule has 1 aromatic rings. The fraction of sp³-hybridized carbons (Fsp3) is 0.385. The summed E-state index contributed by atoms with van der Waals surface area (Å²) in [6, 6.07) is 2.52. The highest BCUT2D eigenvalue weighted by Gasteiger charge is 2.32. The number of rotatable bonds is 6. The van der Waals surface area contributed by atoms with Gasteiger partial charge in [0.2, 0.25) is 15.8 Å². The Balaban J connectivity index is 2.34. The van der Waals surface area contributed by atoms with E-state index >= 15 is 0 Å². The molecule has 0 aromatic heterocycles. The van der Waals surface area contributed by atoms with E-state index in [9.17, 15) is 22.9 Å². The standard InChI is InChI=1S/C13H13FN2O4S/c1-2-7-15(9-10-3-4-10)21(19,20)11-5-6-13(16(17)18)12(14)8-11/h1,5-6,8,10H,3-4,7,9H2. The predicted molar refractivity (Wildman–Crippen MR) is 73.4 cm³/mol. The maximum absolute atomic E-state index is 13.6. The largest absolute Gasteiger partial charge is 0.304 e. The van der Waals surface area contributed by atoms with Gasteiger partial charge < -0.3 is 0 Å². The van der Waals surface area contributed by atoms with Crippen molar-refractivity contribution in [3.63, 3.8) is 0 Å². The highest BCUT2D eigenvalue weighted by atomic mass is 32.2. The van der Waals surface area contributed by atoms with Gasteiger partial charge in [-0.25, -0.2) is 8.42 Å². The zero-order chi connectivity index (χ0) is 15.6. The molecule has 8 heteroatoms. The van der Waals surface area contributed by atoms with Crippen LogP contribution in [-0.4, -0.2) is 30.7 Å². The van der Waals surface area contributed by atoms with Crippen molar-refractivity contribution in [2.75, 3.05) is 13.1 Å². The van der Waals surface area contributed by atoms with Crippen molar-refractivity contribution in [2.24, 2.45) is 5.92 Å². The van der Waals surface area contributed by atoms with E-state index < -0.39 is 26.5 Å². The molecule has 2 rings (SSSR count). The average Bonchev–Trinajstić information content (AvgIpc) is 3.21. The third kappa shape index (κ3) is 3.37. The van der Waals surface area contributed by atoms with Gasteiger partial charge in [-0.15, -0.1) is 6.42 Å². The Kier molecular flexibility index (Phi) is 4.25. The minimum atomic E-state index is -3.96. The normalized spacial score (nSPS) is 14.9. The van der Waals surface area contributed by atoms with E-state index in [0.717, 1.165) is 29.3 Å². The molecule has 6 nitrogen and oxygen atoms in total. The number of sulfonamides is 1. The molecule has 21 heavy (non-hydrogen) atoms. The van der Waals surface area contributed by atoms with Crippen LogP contribution in [-0.2, 0) is 10.0 Å². The van der Waals surface area contributed by atoms with Gasteiger partial charge in [-0.3, -0.25) is 10.1 Å². The molecular weight excluding hydrogens is 299 g/mol. The van der Waals surface area contributed by atoms with Crippen LogP contribution in [0, 0.1) is 34.2 Å². The molecule has 1 saturated carbocycles. The number of hydrogen-bond donors (Lipinski definition) is 0. The van der Waals surface area contributed by atoms with Crippen LogP contribution < -0.4 is 0 Å². The Hall–Kier alpha value is -1.98. The first-order chi connectivity index (χ1) is 9.86. The Morgan fingerprint density at radius 2 is 2.14 bits per heavy atom. The van der Waals surface area contributed by atoms with E-state index in [1.165, 1.54) is 0 Å². The maximum atomic E-state index is 13.6. The summed E-state index contributed by atoms with van der Waals surface area (Å²) in [7, 11) is -3.96. The first-order valence-electron chi connectivity index (χ1n) is 6.24. The van der Waals surface area contributed by atoms with Crippen LogP contribution in [0.15, 0.2) is 23.1 Å². The smallest absolute Gasteiger partial charge is 0.258 e. The summed E-state index contributed by atoms with van der Waals surface area (Å²) in [5.41, 5.74) is -0.764. The molecule has 0 bridgehead atoms. The van der Waals surface area contributed by atoms with E-state index in [4.69, 9.17) is 6.42 Å². The number of terminal acetylenes is 1. The quantitative estimate of drug-likeness (QED) is 0.455. The maximum Gasteiger partial charge on any atom is 0.304 e. The van der Waals surface area contributed by atoms with Crippen molar-refractivity contribution in [1.29, 1.82) is 0 Å².